The number of benzene rings is 9. The maximum atomic E-state index is 5.36. The van der Waals surface area contributed by atoms with Crippen molar-refractivity contribution in [2.75, 3.05) is 0 Å². The molecule has 0 saturated heterocycles. The first-order valence-electron chi connectivity index (χ1n) is 20.1. The minimum absolute atomic E-state index is 0.649. The van der Waals surface area contributed by atoms with Crippen molar-refractivity contribution in [1.29, 1.82) is 0 Å². The van der Waals surface area contributed by atoms with Crippen molar-refractivity contribution in [3.05, 3.63) is 200 Å². The first kappa shape index (κ1) is 32.1. The zero-order valence-electron chi connectivity index (χ0n) is 31.8. The molecule has 0 aliphatic carbocycles. The van der Waals surface area contributed by atoms with Gasteiger partial charge in [0, 0.05) is 54.6 Å². The Morgan fingerprint density at radius 2 is 0.831 bits per heavy atom. The van der Waals surface area contributed by atoms with Crippen molar-refractivity contribution in [2.24, 2.45) is 0 Å². The van der Waals surface area contributed by atoms with Crippen LogP contribution in [0.1, 0.15) is 0 Å². The van der Waals surface area contributed by atoms with Crippen molar-refractivity contribution >= 4 is 87.1 Å². The topological polar surface area (TPSA) is 40.6 Å². The summed E-state index contributed by atoms with van der Waals surface area (Å²) >= 11 is 0. The quantitative estimate of drug-likeness (QED) is 0.180. The predicted molar refractivity (Wildman–Crippen MR) is 245 cm³/mol. The van der Waals surface area contributed by atoms with Crippen LogP contribution in [0.2, 0.25) is 0 Å². The molecule has 0 radical (unpaired) electrons. The van der Waals surface area contributed by atoms with Crippen LogP contribution in [-0.4, -0.2) is 23.7 Å². The normalized spacial score (nSPS) is 12.1. The van der Waals surface area contributed by atoms with Crippen LogP contribution in [-0.2, 0) is 0 Å². The fraction of sp³-hybridized carbons (Fsp3) is 0. The molecule has 0 spiro atoms. The molecule has 0 aliphatic rings. The van der Waals surface area contributed by atoms with E-state index in [-0.39, 0.29) is 0 Å². The van der Waals surface area contributed by atoms with Crippen LogP contribution in [0.4, 0.5) is 0 Å². The second-order valence-corrected chi connectivity index (χ2v) is 15.4. The van der Waals surface area contributed by atoms with Crippen molar-refractivity contribution in [2.45, 2.75) is 0 Å². The van der Waals surface area contributed by atoms with E-state index in [1.807, 2.05) is 6.07 Å². The molecular formula is C54H33N5. The molecule has 13 rings (SSSR count). The maximum Gasteiger partial charge on any atom is 0.235 e. The zero-order valence-corrected chi connectivity index (χ0v) is 31.8. The van der Waals surface area contributed by atoms with Crippen LogP contribution in [0.3, 0.4) is 0 Å². The van der Waals surface area contributed by atoms with Gasteiger partial charge in [-0.25, -0.2) is 9.97 Å². The van der Waals surface area contributed by atoms with E-state index in [9.17, 15) is 0 Å². The lowest BCUT2D eigenvalue weighted by Crippen LogP contribution is -2.04. The largest absolute Gasteiger partial charge is 0.309 e. The van der Waals surface area contributed by atoms with Crippen molar-refractivity contribution in [3.8, 4) is 28.6 Å². The van der Waals surface area contributed by atoms with Crippen LogP contribution in [0.15, 0.2) is 200 Å². The van der Waals surface area contributed by atoms with E-state index < -0.39 is 0 Å². The molecule has 0 N–H and O–H groups in total. The van der Waals surface area contributed by atoms with E-state index >= 15 is 0 Å². The highest BCUT2D eigenvalue weighted by Gasteiger charge is 2.22. The Labute approximate surface area is 338 Å². The summed E-state index contributed by atoms with van der Waals surface area (Å²) in [4.78, 5) is 10.6. The molecule has 4 heterocycles. The highest BCUT2D eigenvalue weighted by molar-refractivity contribution is 6.29. The third kappa shape index (κ3) is 4.61. The first-order valence-corrected chi connectivity index (χ1v) is 20.1. The second-order valence-electron chi connectivity index (χ2n) is 15.4. The van der Waals surface area contributed by atoms with Gasteiger partial charge in [0.05, 0.1) is 44.3 Å². The smallest absolute Gasteiger partial charge is 0.235 e. The van der Waals surface area contributed by atoms with Gasteiger partial charge in [0.25, 0.3) is 0 Å². The van der Waals surface area contributed by atoms with E-state index in [2.05, 4.69) is 208 Å². The summed E-state index contributed by atoms with van der Waals surface area (Å²) in [5, 5.41) is 10.8. The van der Waals surface area contributed by atoms with Gasteiger partial charge < -0.3 is 9.13 Å². The van der Waals surface area contributed by atoms with Gasteiger partial charge in [-0.3, -0.25) is 4.57 Å². The summed E-state index contributed by atoms with van der Waals surface area (Å²) in [6.45, 7) is 0. The number of hydrogen-bond acceptors (Lipinski definition) is 2. The fourth-order valence-corrected chi connectivity index (χ4v) is 9.68. The molecular weight excluding hydrogens is 719 g/mol. The highest BCUT2D eigenvalue weighted by atomic mass is 15.2. The lowest BCUT2D eigenvalue weighted by molar-refractivity contribution is 1.01. The predicted octanol–water partition coefficient (Wildman–Crippen LogP) is 13.7. The van der Waals surface area contributed by atoms with E-state index in [0.29, 0.717) is 5.95 Å². The van der Waals surface area contributed by atoms with Gasteiger partial charge >= 0.3 is 0 Å². The molecule has 4 aromatic heterocycles. The molecule has 0 fully saturated rings. The van der Waals surface area contributed by atoms with Gasteiger partial charge in [0.2, 0.25) is 5.95 Å². The molecule has 0 amide bonds. The Morgan fingerprint density at radius 3 is 1.54 bits per heavy atom. The third-order valence-electron chi connectivity index (χ3n) is 12.2. The number of hydrogen-bond donors (Lipinski definition) is 0. The molecule has 9 aromatic carbocycles. The summed E-state index contributed by atoms with van der Waals surface area (Å²) in [5.74, 6) is 0.649. The Kier molecular flexibility index (Phi) is 6.66. The summed E-state index contributed by atoms with van der Waals surface area (Å²) in [6.07, 6.45) is 0. The van der Waals surface area contributed by atoms with Gasteiger partial charge in [-0.15, -0.1) is 0 Å². The molecule has 0 saturated carbocycles. The third-order valence-corrected chi connectivity index (χ3v) is 12.2. The standard InChI is InChI=1S/C54H33N5/c1-2-15-35(16-3-1)53-41-19-6-10-22-44(41)55-54(56-53)59-45-23-11-7-18-39(45)40-29-28-38(33-50(40)59)58-47-25-13-9-21-43(47)52-49(58)31-30-48-51(52)42-20-8-12-24-46(42)57(48)37-27-26-34-14-4-5-17-36(34)32-37/h1-33H. The zero-order chi connectivity index (χ0) is 38.6. The summed E-state index contributed by atoms with van der Waals surface area (Å²) in [6, 6.07) is 71.9. The number of fused-ring (bicyclic) bond motifs is 12. The van der Waals surface area contributed by atoms with Crippen LogP contribution in [0.5, 0.6) is 0 Å². The molecule has 5 heteroatoms. The molecule has 13 aromatic rings. The second kappa shape index (κ2) is 12.2. The Balaban J connectivity index is 1.10. The van der Waals surface area contributed by atoms with Crippen molar-refractivity contribution in [1.82, 2.24) is 23.7 Å². The Hall–Kier alpha value is -8.02. The van der Waals surface area contributed by atoms with Crippen molar-refractivity contribution in [3.63, 3.8) is 0 Å². The molecule has 0 unspecified atom stereocenters. The Bertz CT molecular complexity index is 3850. The number of rotatable bonds is 4. The van der Waals surface area contributed by atoms with E-state index in [1.54, 1.807) is 0 Å². The summed E-state index contributed by atoms with van der Waals surface area (Å²) in [5.41, 5.74) is 12.0. The molecule has 5 nitrogen and oxygen atoms in total. The fourth-order valence-electron chi connectivity index (χ4n) is 9.68. The minimum Gasteiger partial charge on any atom is -0.309 e. The van der Waals surface area contributed by atoms with Gasteiger partial charge in [0.15, 0.2) is 0 Å². The number of para-hydroxylation sites is 4. The molecule has 0 aliphatic heterocycles. The number of nitrogens with zero attached hydrogens (tertiary/aromatic N) is 5. The average Bonchev–Trinajstić information content (AvgIpc) is 3.94. The van der Waals surface area contributed by atoms with Crippen LogP contribution >= 0.6 is 0 Å². The van der Waals surface area contributed by atoms with E-state index in [0.717, 1.165) is 66.4 Å². The summed E-state index contributed by atoms with van der Waals surface area (Å²) < 4.78 is 7.11. The first-order chi connectivity index (χ1) is 29.3. The molecule has 0 bridgehead atoms. The van der Waals surface area contributed by atoms with E-state index in [4.69, 9.17) is 9.97 Å². The SMILES string of the molecule is c1ccc(-c2nc(-n3c4ccccc4c4ccc(-n5c6ccccc6c6c7c8ccccc8n(-c8ccc9ccccc9c8)c7ccc65)cc43)nc3ccccc23)cc1. The molecule has 274 valence electrons. The van der Waals surface area contributed by atoms with Gasteiger partial charge in [-0.1, -0.05) is 140 Å². The molecule has 0 atom stereocenters. The van der Waals surface area contributed by atoms with Crippen LogP contribution in [0.25, 0.3) is 116 Å². The monoisotopic (exact) mass is 751 g/mol. The maximum absolute atomic E-state index is 5.36. The van der Waals surface area contributed by atoms with Crippen molar-refractivity contribution < 1.29 is 0 Å². The van der Waals surface area contributed by atoms with E-state index in [1.165, 1.54) is 43.4 Å². The minimum atomic E-state index is 0.649. The highest BCUT2D eigenvalue weighted by Crippen LogP contribution is 2.43. The number of aromatic nitrogens is 5. The van der Waals surface area contributed by atoms with Crippen LogP contribution in [0, 0.1) is 0 Å². The Morgan fingerprint density at radius 1 is 0.305 bits per heavy atom. The van der Waals surface area contributed by atoms with Crippen LogP contribution < -0.4 is 0 Å². The van der Waals surface area contributed by atoms with Gasteiger partial charge in [-0.2, -0.15) is 0 Å². The average molecular weight is 752 g/mol. The molecule has 59 heavy (non-hydrogen) atoms. The summed E-state index contributed by atoms with van der Waals surface area (Å²) in [7, 11) is 0. The van der Waals surface area contributed by atoms with Gasteiger partial charge in [-0.05, 0) is 71.4 Å². The van der Waals surface area contributed by atoms with Gasteiger partial charge in [0.1, 0.15) is 0 Å². The lowest BCUT2D eigenvalue weighted by Gasteiger charge is -2.13. The lowest BCUT2D eigenvalue weighted by atomic mass is 10.1.